The molecular formula is C11H12ClF2NO2. The van der Waals surface area contributed by atoms with Crippen LogP contribution in [0.1, 0.15) is 10.4 Å². The lowest BCUT2D eigenvalue weighted by molar-refractivity contribution is 0.0918. The quantitative estimate of drug-likeness (QED) is 0.629. The van der Waals surface area contributed by atoms with E-state index in [1.54, 1.807) is 0 Å². The van der Waals surface area contributed by atoms with Gasteiger partial charge in [0.05, 0.1) is 18.8 Å². The van der Waals surface area contributed by atoms with E-state index in [0.717, 1.165) is 6.07 Å². The van der Waals surface area contributed by atoms with Gasteiger partial charge in [-0.05, 0) is 12.1 Å². The summed E-state index contributed by atoms with van der Waals surface area (Å²) in [5.74, 6) is -2.49. The zero-order valence-electron chi connectivity index (χ0n) is 9.01. The van der Waals surface area contributed by atoms with E-state index in [9.17, 15) is 13.6 Å². The number of carbonyl (C=O) groups is 1. The Morgan fingerprint density at radius 2 is 2.12 bits per heavy atom. The topological polar surface area (TPSA) is 38.3 Å². The van der Waals surface area contributed by atoms with Gasteiger partial charge in [0, 0.05) is 12.4 Å². The van der Waals surface area contributed by atoms with Gasteiger partial charge in [-0.2, -0.15) is 0 Å². The molecule has 0 aromatic heterocycles. The summed E-state index contributed by atoms with van der Waals surface area (Å²) >= 11 is 5.37. The summed E-state index contributed by atoms with van der Waals surface area (Å²) in [5.41, 5.74) is -0.317. The highest BCUT2D eigenvalue weighted by atomic mass is 35.5. The van der Waals surface area contributed by atoms with Gasteiger partial charge >= 0.3 is 0 Å². The van der Waals surface area contributed by atoms with Crippen LogP contribution in [0.5, 0.6) is 0 Å². The van der Waals surface area contributed by atoms with Crippen LogP contribution in [0.15, 0.2) is 18.2 Å². The number of carbonyl (C=O) groups excluding carboxylic acids is 1. The largest absolute Gasteiger partial charge is 0.378 e. The Labute approximate surface area is 103 Å². The number of amides is 1. The fourth-order valence-electron chi connectivity index (χ4n) is 1.17. The van der Waals surface area contributed by atoms with Crippen molar-refractivity contribution in [3.8, 4) is 0 Å². The molecule has 0 spiro atoms. The van der Waals surface area contributed by atoms with Gasteiger partial charge in [0.2, 0.25) is 0 Å². The normalized spacial score (nSPS) is 10.3. The smallest absolute Gasteiger partial charge is 0.254 e. The standard InChI is InChI=1S/C11H12ClF2NO2/c12-4-6-17-7-5-15-11(16)8-2-1-3-9(13)10(8)14/h1-3H,4-7H2,(H,15,16). The molecule has 0 aliphatic rings. The van der Waals surface area contributed by atoms with Crippen molar-refractivity contribution < 1.29 is 18.3 Å². The predicted octanol–water partition coefficient (Wildman–Crippen LogP) is 1.95. The minimum absolute atomic E-state index is 0.214. The first kappa shape index (κ1) is 13.9. The third kappa shape index (κ3) is 4.28. The molecule has 6 heteroatoms. The van der Waals surface area contributed by atoms with E-state index >= 15 is 0 Å². The summed E-state index contributed by atoms with van der Waals surface area (Å²) in [5, 5.41) is 2.41. The maximum absolute atomic E-state index is 13.2. The average Bonchev–Trinajstić information content (AvgIpc) is 2.32. The molecule has 1 amide bonds. The molecule has 0 fully saturated rings. The number of hydrogen-bond donors (Lipinski definition) is 1. The lowest BCUT2D eigenvalue weighted by Crippen LogP contribution is -2.28. The van der Waals surface area contributed by atoms with Gasteiger partial charge in [0.25, 0.3) is 5.91 Å². The molecule has 1 aromatic carbocycles. The van der Waals surface area contributed by atoms with Crippen LogP contribution in [-0.4, -0.2) is 31.5 Å². The van der Waals surface area contributed by atoms with Crippen LogP contribution in [0.25, 0.3) is 0 Å². The zero-order chi connectivity index (χ0) is 12.7. The van der Waals surface area contributed by atoms with Gasteiger partial charge in [0.15, 0.2) is 11.6 Å². The van der Waals surface area contributed by atoms with Crippen molar-refractivity contribution in [3.05, 3.63) is 35.4 Å². The van der Waals surface area contributed by atoms with Crippen LogP contribution in [-0.2, 0) is 4.74 Å². The summed E-state index contributed by atoms with van der Waals surface area (Å²) in [6.07, 6.45) is 0. The van der Waals surface area contributed by atoms with E-state index in [0.29, 0.717) is 12.5 Å². The van der Waals surface area contributed by atoms with Crippen LogP contribution in [0, 0.1) is 11.6 Å². The Balaban J connectivity index is 2.44. The second kappa shape index (κ2) is 7.19. The van der Waals surface area contributed by atoms with E-state index < -0.39 is 17.5 Å². The molecule has 0 aliphatic heterocycles. The Bertz CT molecular complexity index is 388. The number of nitrogens with one attached hydrogen (secondary N) is 1. The van der Waals surface area contributed by atoms with Crippen molar-refractivity contribution in [2.45, 2.75) is 0 Å². The van der Waals surface area contributed by atoms with Gasteiger partial charge in [-0.15, -0.1) is 11.6 Å². The van der Waals surface area contributed by atoms with Crippen LogP contribution >= 0.6 is 11.6 Å². The fourth-order valence-corrected chi connectivity index (χ4v) is 1.28. The van der Waals surface area contributed by atoms with Crippen LogP contribution in [0.2, 0.25) is 0 Å². The molecule has 94 valence electrons. The minimum Gasteiger partial charge on any atom is -0.378 e. The molecular weight excluding hydrogens is 252 g/mol. The highest BCUT2D eigenvalue weighted by Crippen LogP contribution is 2.10. The molecule has 1 rings (SSSR count). The Hall–Kier alpha value is -1.20. The number of ether oxygens (including phenoxy) is 1. The molecule has 0 saturated heterocycles. The first-order valence-electron chi connectivity index (χ1n) is 5.02. The molecule has 0 heterocycles. The number of halogens is 3. The third-order valence-corrected chi connectivity index (χ3v) is 2.10. The summed E-state index contributed by atoms with van der Waals surface area (Å²) in [6.45, 7) is 0.868. The van der Waals surface area contributed by atoms with E-state index in [2.05, 4.69) is 5.32 Å². The zero-order valence-corrected chi connectivity index (χ0v) is 9.77. The fraction of sp³-hybridized carbons (Fsp3) is 0.364. The summed E-state index contributed by atoms with van der Waals surface area (Å²) in [6, 6.07) is 3.44. The summed E-state index contributed by atoms with van der Waals surface area (Å²) < 4.78 is 31.0. The van der Waals surface area contributed by atoms with Crippen molar-refractivity contribution >= 4 is 17.5 Å². The minimum atomic E-state index is -1.15. The molecule has 1 N–H and O–H groups in total. The molecule has 0 atom stereocenters. The van der Waals surface area contributed by atoms with Crippen molar-refractivity contribution in [1.29, 1.82) is 0 Å². The SMILES string of the molecule is O=C(NCCOCCCl)c1cccc(F)c1F. The molecule has 3 nitrogen and oxygen atoms in total. The van der Waals surface area contributed by atoms with Gasteiger partial charge in [-0.1, -0.05) is 6.07 Å². The van der Waals surface area contributed by atoms with E-state index in [1.807, 2.05) is 0 Å². The number of alkyl halides is 1. The molecule has 0 bridgehead atoms. The van der Waals surface area contributed by atoms with Crippen LogP contribution in [0.4, 0.5) is 8.78 Å². The predicted molar refractivity (Wildman–Crippen MR) is 60.2 cm³/mol. The van der Waals surface area contributed by atoms with Crippen LogP contribution in [0.3, 0.4) is 0 Å². The van der Waals surface area contributed by atoms with Gasteiger partial charge in [-0.25, -0.2) is 8.78 Å². The highest BCUT2D eigenvalue weighted by molar-refractivity contribution is 6.17. The monoisotopic (exact) mass is 263 g/mol. The van der Waals surface area contributed by atoms with Gasteiger partial charge < -0.3 is 10.1 Å². The maximum atomic E-state index is 13.2. The average molecular weight is 264 g/mol. The summed E-state index contributed by atoms with van der Waals surface area (Å²) in [4.78, 5) is 11.5. The maximum Gasteiger partial charge on any atom is 0.254 e. The molecule has 0 aliphatic carbocycles. The van der Waals surface area contributed by atoms with Crippen molar-refractivity contribution in [1.82, 2.24) is 5.32 Å². The number of rotatable bonds is 6. The Morgan fingerprint density at radius 1 is 1.35 bits per heavy atom. The first-order valence-corrected chi connectivity index (χ1v) is 5.56. The summed E-state index contributed by atoms with van der Waals surface area (Å²) in [7, 11) is 0. The number of benzene rings is 1. The second-order valence-corrected chi connectivity index (χ2v) is 3.54. The number of hydrogen-bond acceptors (Lipinski definition) is 2. The lowest BCUT2D eigenvalue weighted by atomic mass is 10.2. The second-order valence-electron chi connectivity index (χ2n) is 3.16. The molecule has 0 radical (unpaired) electrons. The molecule has 1 aromatic rings. The van der Waals surface area contributed by atoms with Crippen molar-refractivity contribution in [3.63, 3.8) is 0 Å². The molecule has 17 heavy (non-hydrogen) atoms. The van der Waals surface area contributed by atoms with Gasteiger partial charge in [0.1, 0.15) is 0 Å². The highest BCUT2D eigenvalue weighted by Gasteiger charge is 2.14. The molecule has 0 unspecified atom stereocenters. The Morgan fingerprint density at radius 3 is 2.82 bits per heavy atom. The first-order chi connectivity index (χ1) is 8.16. The van der Waals surface area contributed by atoms with Crippen LogP contribution < -0.4 is 5.32 Å². The van der Waals surface area contributed by atoms with E-state index in [1.165, 1.54) is 12.1 Å². The molecule has 0 saturated carbocycles. The third-order valence-electron chi connectivity index (χ3n) is 1.95. The Kier molecular flexibility index (Phi) is 5.86. The van der Waals surface area contributed by atoms with Crippen molar-refractivity contribution in [2.24, 2.45) is 0 Å². The van der Waals surface area contributed by atoms with E-state index in [4.69, 9.17) is 16.3 Å². The van der Waals surface area contributed by atoms with E-state index in [-0.39, 0.29) is 18.7 Å². The van der Waals surface area contributed by atoms with Crippen molar-refractivity contribution in [2.75, 3.05) is 25.6 Å². The van der Waals surface area contributed by atoms with Gasteiger partial charge in [-0.3, -0.25) is 4.79 Å². The lowest BCUT2D eigenvalue weighted by Gasteiger charge is -2.06.